The van der Waals surface area contributed by atoms with Gasteiger partial charge in [-0.1, -0.05) is 52.4 Å². The zero-order chi connectivity index (χ0) is 30.2. The van der Waals surface area contributed by atoms with E-state index in [1.807, 2.05) is 6.92 Å². The Hall–Kier alpha value is -4.13. The van der Waals surface area contributed by atoms with Gasteiger partial charge in [-0.05, 0) is 99.0 Å². The number of hydrogen-bond acceptors (Lipinski definition) is 7. The first kappa shape index (κ1) is 32.4. The molecule has 3 aromatic rings. The summed E-state index contributed by atoms with van der Waals surface area (Å²) in [5, 5.41) is 0. The summed E-state index contributed by atoms with van der Waals surface area (Å²) in [6.07, 6.45) is 9.71. The van der Waals surface area contributed by atoms with Gasteiger partial charge in [0.15, 0.2) is 0 Å². The molecule has 0 aliphatic heterocycles. The van der Waals surface area contributed by atoms with Crippen molar-refractivity contribution in [3.05, 3.63) is 89.5 Å². The number of unbranched alkanes of at least 4 members (excludes halogenated alkanes) is 6. The molecule has 1 atom stereocenters. The summed E-state index contributed by atoms with van der Waals surface area (Å²) < 4.78 is 22.1. The van der Waals surface area contributed by atoms with E-state index < -0.39 is 17.9 Å². The van der Waals surface area contributed by atoms with Gasteiger partial charge in [0.1, 0.15) is 17.2 Å². The minimum Gasteiger partial charge on any atom is -0.494 e. The second-order valence-electron chi connectivity index (χ2n) is 10.3. The van der Waals surface area contributed by atoms with Gasteiger partial charge in [0.05, 0.1) is 29.4 Å². The van der Waals surface area contributed by atoms with Gasteiger partial charge in [-0.25, -0.2) is 14.4 Å². The van der Waals surface area contributed by atoms with E-state index in [1.165, 1.54) is 43.5 Å². The van der Waals surface area contributed by atoms with Gasteiger partial charge in [-0.15, -0.1) is 0 Å². The van der Waals surface area contributed by atoms with Crippen LogP contribution in [0.25, 0.3) is 0 Å². The monoisotopic (exact) mass is 574 g/mol. The van der Waals surface area contributed by atoms with E-state index in [9.17, 15) is 14.4 Å². The summed E-state index contributed by atoms with van der Waals surface area (Å²) >= 11 is 0. The minimum atomic E-state index is -0.575. The molecule has 0 amide bonds. The largest absolute Gasteiger partial charge is 0.494 e. The number of benzene rings is 3. The topological polar surface area (TPSA) is 88.1 Å². The lowest BCUT2D eigenvalue weighted by Crippen LogP contribution is -2.15. The molecule has 0 aromatic heterocycles. The number of carbonyl (C=O) groups is 3. The van der Waals surface area contributed by atoms with Crippen LogP contribution < -0.4 is 14.2 Å². The molecule has 0 aliphatic carbocycles. The third kappa shape index (κ3) is 11.0. The molecule has 0 heterocycles. The second-order valence-corrected chi connectivity index (χ2v) is 10.3. The van der Waals surface area contributed by atoms with Crippen molar-refractivity contribution in [1.29, 1.82) is 0 Å². The Balaban J connectivity index is 1.45. The maximum Gasteiger partial charge on any atom is 0.343 e. The van der Waals surface area contributed by atoms with Crippen molar-refractivity contribution >= 4 is 17.9 Å². The van der Waals surface area contributed by atoms with E-state index in [0.717, 1.165) is 38.5 Å². The van der Waals surface area contributed by atoms with E-state index in [-0.39, 0.29) is 11.7 Å². The van der Waals surface area contributed by atoms with Crippen LogP contribution in [0.5, 0.6) is 17.2 Å². The summed E-state index contributed by atoms with van der Waals surface area (Å²) in [7, 11) is 0. The summed E-state index contributed by atoms with van der Waals surface area (Å²) in [6.45, 7) is 6.88. The van der Waals surface area contributed by atoms with Crippen molar-refractivity contribution in [3.63, 3.8) is 0 Å². The SMILES string of the molecule is CCCCCCOc1ccc(C(=O)Oc2ccc(C(=O)Oc3ccc(C(=O)OC(C)CCCCCC)cc3)cc2)cc1. The smallest absolute Gasteiger partial charge is 0.343 e. The van der Waals surface area contributed by atoms with E-state index in [2.05, 4.69) is 13.8 Å². The molecular formula is C35H42O7. The molecule has 0 saturated carbocycles. The van der Waals surface area contributed by atoms with Gasteiger partial charge in [0, 0.05) is 0 Å². The van der Waals surface area contributed by atoms with Crippen LogP contribution in [0.4, 0.5) is 0 Å². The first-order chi connectivity index (χ1) is 20.4. The highest BCUT2D eigenvalue weighted by Crippen LogP contribution is 2.20. The van der Waals surface area contributed by atoms with E-state index in [1.54, 1.807) is 48.5 Å². The first-order valence-corrected chi connectivity index (χ1v) is 15.0. The number of carbonyl (C=O) groups excluding carboxylic acids is 3. The van der Waals surface area contributed by atoms with E-state index in [4.69, 9.17) is 18.9 Å². The van der Waals surface area contributed by atoms with Crippen LogP contribution in [0.15, 0.2) is 72.8 Å². The molecular weight excluding hydrogens is 532 g/mol. The van der Waals surface area contributed by atoms with Crippen LogP contribution in [0, 0.1) is 0 Å². The Labute approximate surface area is 249 Å². The van der Waals surface area contributed by atoms with Crippen molar-refractivity contribution in [1.82, 2.24) is 0 Å². The van der Waals surface area contributed by atoms with Crippen molar-refractivity contribution in [2.75, 3.05) is 6.61 Å². The lowest BCUT2D eigenvalue weighted by atomic mass is 10.1. The molecule has 3 aromatic carbocycles. The van der Waals surface area contributed by atoms with Crippen LogP contribution in [0.1, 0.15) is 110 Å². The normalized spacial score (nSPS) is 11.4. The van der Waals surface area contributed by atoms with Crippen molar-refractivity contribution in [2.24, 2.45) is 0 Å². The average Bonchev–Trinajstić information content (AvgIpc) is 3.00. The fourth-order valence-corrected chi connectivity index (χ4v) is 4.22. The molecule has 0 fully saturated rings. The fourth-order valence-electron chi connectivity index (χ4n) is 4.22. The van der Waals surface area contributed by atoms with Gasteiger partial charge in [-0.2, -0.15) is 0 Å². The van der Waals surface area contributed by atoms with E-state index >= 15 is 0 Å². The Morgan fingerprint density at radius 2 is 0.976 bits per heavy atom. The highest BCUT2D eigenvalue weighted by Gasteiger charge is 2.15. The number of hydrogen-bond donors (Lipinski definition) is 0. The molecule has 224 valence electrons. The predicted octanol–water partition coefficient (Wildman–Crippen LogP) is 8.60. The zero-order valence-corrected chi connectivity index (χ0v) is 24.9. The Bertz CT molecular complexity index is 1250. The molecule has 7 nitrogen and oxygen atoms in total. The Morgan fingerprint density at radius 3 is 1.45 bits per heavy atom. The van der Waals surface area contributed by atoms with E-state index in [0.29, 0.717) is 35.0 Å². The molecule has 0 saturated heterocycles. The maximum absolute atomic E-state index is 12.6. The molecule has 0 bridgehead atoms. The van der Waals surface area contributed by atoms with Crippen LogP contribution in [0.2, 0.25) is 0 Å². The third-order valence-electron chi connectivity index (χ3n) is 6.73. The summed E-state index contributed by atoms with van der Waals surface area (Å²) in [6, 6.07) is 19.2. The van der Waals surface area contributed by atoms with Crippen LogP contribution in [-0.4, -0.2) is 30.6 Å². The predicted molar refractivity (Wildman–Crippen MR) is 163 cm³/mol. The molecule has 42 heavy (non-hydrogen) atoms. The molecule has 0 spiro atoms. The Morgan fingerprint density at radius 1 is 0.548 bits per heavy atom. The van der Waals surface area contributed by atoms with Gasteiger partial charge < -0.3 is 18.9 Å². The average molecular weight is 575 g/mol. The minimum absolute atomic E-state index is 0.154. The van der Waals surface area contributed by atoms with Crippen LogP contribution in [-0.2, 0) is 4.74 Å². The quantitative estimate of drug-likeness (QED) is 0.0906. The van der Waals surface area contributed by atoms with Crippen molar-refractivity contribution in [2.45, 2.75) is 84.7 Å². The van der Waals surface area contributed by atoms with Crippen molar-refractivity contribution < 1.29 is 33.3 Å². The van der Waals surface area contributed by atoms with Crippen LogP contribution in [0.3, 0.4) is 0 Å². The summed E-state index contributed by atoms with van der Waals surface area (Å²) in [4.78, 5) is 37.5. The highest BCUT2D eigenvalue weighted by atomic mass is 16.5. The van der Waals surface area contributed by atoms with Gasteiger partial charge in [0.25, 0.3) is 0 Å². The molecule has 1 unspecified atom stereocenters. The maximum atomic E-state index is 12.6. The molecule has 0 N–H and O–H groups in total. The molecule has 0 aliphatic rings. The second kappa shape index (κ2) is 17.6. The van der Waals surface area contributed by atoms with Gasteiger partial charge in [-0.3, -0.25) is 0 Å². The van der Waals surface area contributed by atoms with Crippen molar-refractivity contribution in [3.8, 4) is 17.2 Å². The zero-order valence-electron chi connectivity index (χ0n) is 24.9. The third-order valence-corrected chi connectivity index (χ3v) is 6.73. The summed E-state index contributed by atoms with van der Waals surface area (Å²) in [5.74, 6) is -0.173. The number of rotatable bonds is 17. The standard InChI is InChI=1S/C35H42O7/c1-4-6-8-10-12-26(3)40-33(36)27-15-21-31(22-16-27)42-35(38)29-17-23-32(24-18-29)41-34(37)28-13-19-30(20-14-28)39-25-11-9-7-5-2/h13-24,26H,4-12,25H2,1-3H3. The lowest BCUT2D eigenvalue weighted by Gasteiger charge is -2.13. The molecule has 3 rings (SSSR count). The molecule has 0 radical (unpaired) electrons. The van der Waals surface area contributed by atoms with Gasteiger partial charge in [0.2, 0.25) is 0 Å². The highest BCUT2D eigenvalue weighted by molar-refractivity contribution is 5.93. The number of ether oxygens (including phenoxy) is 4. The van der Waals surface area contributed by atoms with Crippen LogP contribution >= 0.6 is 0 Å². The summed E-state index contributed by atoms with van der Waals surface area (Å²) in [5.41, 5.74) is 1.08. The fraction of sp³-hybridized carbons (Fsp3) is 0.400. The first-order valence-electron chi connectivity index (χ1n) is 15.0. The number of esters is 3. The molecule has 7 heteroatoms. The van der Waals surface area contributed by atoms with Gasteiger partial charge >= 0.3 is 17.9 Å². The Kier molecular flexibility index (Phi) is 13.6. The lowest BCUT2D eigenvalue weighted by molar-refractivity contribution is 0.0319.